The van der Waals surface area contributed by atoms with Crippen LogP contribution < -0.4 is 9.78 Å². The van der Waals surface area contributed by atoms with Gasteiger partial charge in [-0.3, -0.25) is 0 Å². The number of rotatable bonds is 6. The van der Waals surface area contributed by atoms with Crippen molar-refractivity contribution < 1.29 is 14.7 Å². The molecule has 0 aromatic heterocycles. The molecule has 0 aliphatic carbocycles. The number of carboxylic acid groups (broad SMARTS) is 1. The fraction of sp³-hybridized carbons (Fsp3) is 0.0667. The average molecular weight is 366 g/mol. The first-order valence-electron chi connectivity index (χ1n) is 6.13. The van der Waals surface area contributed by atoms with Crippen molar-refractivity contribution in [3.63, 3.8) is 0 Å². The fourth-order valence-electron chi connectivity index (χ4n) is 1.59. The molecule has 2 aromatic carbocycles. The van der Waals surface area contributed by atoms with Gasteiger partial charge in [0.05, 0.1) is 0 Å². The molecule has 21 heavy (non-hydrogen) atoms. The van der Waals surface area contributed by atoms with Gasteiger partial charge in [-0.25, -0.2) is 0 Å². The maximum absolute atomic E-state index is 12.3. The van der Waals surface area contributed by atoms with Gasteiger partial charge < -0.3 is 0 Å². The van der Waals surface area contributed by atoms with Crippen LogP contribution in [0.2, 0.25) is 0 Å². The Morgan fingerprint density at radius 3 is 2.43 bits per heavy atom. The molecule has 0 aliphatic rings. The van der Waals surface area contributed by atoms with E-state index in [2.05, 4.69) is 5.32 Å². The Morgan fingerprint density at radius 1 is 1.05 bits per heavy atom. The number of carboxylic acids is 1. The number of carbonyl (C=O) groups excluding carboxylic acids is 1. The number of aliphatic carboxylic acids is 1. The van der Waals surface area contributed by atoms with Gasteiger partial charge in [0, 0.05) is 0 Å². The van der Waals surface area contributed by atoms with Crippen LogP contribution >= 0.6 is 10.2 Å². The molecule has 0 aliphatic heterocycles. The molecule has 0 fully saturated rings. The number of benzene rings is 2. The molecule has 4 nitrogen and oxygen atoms in total. The summed E-state index contributed by atoms with van der Waals surface area (Å²) in [5.41, 5.74) is 1.34. The number of amides is 1. The van der Waals surface area contributed by atoms with Crippen LogP contribution in [-0.4, -0.2) is 36.6 Å². The fourth-order valence-corrected chi connectivity index (χ4v) is 5.24. The molecule has 6 heteroatoms. The second-order valence-corrected chi connectivity index (χ2v) is 8.20. The van der Waals surface area contributed by atoms with Gasteiger partial charge in [0.1, 0.15) is 0 Å². The minimum atomic E-state index is -0.840. The Kier molecular flexibility index (Phi) is 5.87. The Morgan fingerprint density at radius 2 is 1.71 bits per heavy atom. The topological polar surface area (TPSA) is 66.4 Å². The van der Waals surface area contributed by atoms with Crippen LogP contribution in [0.1, 0.15) is 10.4 Å². The molecule has 1 amide bonds. The molecule has 0 radical (unpaired) electrons. The van der Waals surface area contributed by atoms with Gasteiger partial charge in [0.2, 0.25) is 0 Å². The van der Waals surface area contributed by atoms with Gasteiger partial charge in [0.25, 0.3) is 0 Å². The summed E-state index contributed by atoms with van der Waals surface area (Å²) in [5, 5.41) is 11.5. The Balaban J connectivity index is 2.08. The number of anilines is 1. The molecule has 0 saturated heterocycles. The maximum atomic E-state index is 12.3. The molecule has 0 spiro atoms. The van der Waals surface area contributed by atoms with E-state index in [0.717, 1.165) is 10.1 Å². The van der Waals surface area contributed by atoms with Gasteiger partial charge in [0.15, 0.2) is 0 Å². The van der Waals surface area contributed by atoms with Crippen LogP contribution in [0.5, 0.6) is 0 Å². The predicted octanol–water partition coefficient (Wildman–Crippen LogP) is 2.00. The van der Waals surface area contributed by atoms with E-state index < -0.39 is 5.97 Å². The number of hydrogen-bond donors (Lipinski definition) is 2. The van der Waals surface area contributed by atoms with Gasteiger partial charge >= 0.3 is 132 Å². The molecule has 0 heterocycles. The summed E-state index contributed by atoms with van der Waals surface area (Å²) in [6.45, 7) is 0. The van der Waals surface area contributed by atoms with E-state index in [9.17, 15) is 9.59 Å². The summed E-state index contributed by atoms with van der Waals surface area (Å²) in [5.74, 6) is -0.961. The van der Waals surface area contributed by atoms with E-state index in [1.165, 1.54) is 10.2 Å². The first-order valence-corrected chi connectivity index (χ1v) is 10.00. The zero-order valence-corrected chi connectivity index (χ0v) is 13.5. The normalized spacial score (nSPS) is 10.1. The third-order valence-corrected chi connectivity index (χ3v) is 6.52. The summed E-state index contributed by atoms with van der Waals surface area (Å²) < 4.78 is 0.893. The number of nitrogens with one attached hydrogen (secondary N) is 1. The van der Waals surface area contributed by atoms with Crippen molar-refractivity contribution in [3.05, 3.63) is 60.2 Å². The van der Waals surface area contributed by atoms with Gasteiger partial charge in [-0.15, -0.1) is 0 Å². The van der Waals surface area contributed by atoms with Crippen molar-refractivity contribution in [2.24, 2.45) is 0 Å². The molecule has 2 rings (SSSR count). The third kappa shape index (κ3) is 4.93. The van der Waals surface area contributed by atoms with Gasteiger partial charge in [-0.2, -0.15) is 0 Å². The van der Waals surface area contributed by atoms with Crippen LogP contribution in [0.15, 0.2) is 54.6 Å². The second kappa shape index (κ2) is 7.88. The van der Waals surface area contributed by atoms with E-state index in [-0.39, 0.29) is 25.5 Å². The Bertz CT molecular complexity index is 634. The van der Waals surface area contributed by atoms with Crippen molar-refractivity contribution >= 4 is 46.0 Å². The van der Waals surface area contributed by atoms with Crippen LogP contribution in [0.4, 0.5) is 5.69 Å². The molecule has 2 N–H and O–H groups in total. The monoisotopic (exact) mass is 367 g/mol. The first kappa shape index (κ1) is 15.6. The molecule has 108 valence electrons. The quantitative estimate of drug-likeness (QED) is 0.768. The Hall–Kier alpha value is -1.75. The van der Waals surface area contributed by atoms with Crippen molar-refractivity contribution in [2.75, 3.05) is 11.1 Å². The van der Waals surface area contributed by atoms with Gasteiger partial charge in [-0.05, 0) is 0 Å². The van der Waals surface area contributed by atoms with Crippen molar-refractivity contribution in [3.8, 4) is 0 Å². The van der Waals surface area contributed by atoms with Crippen LogP contribution in [-0.2, 0) is 4.79 Å². The molecule has 0 saturated carbocycles. The zero-order valence-electron chi connectivity index (χ0n) is 11.0. The van der Waals surface area contributed by atoms with E-state index in [1.807, 2.05) is 42.5 Å². The summed E-state index contributed by atoms with van der Waals surface area (Å²) in [4.78, 5) is 22.9. The number of hydrogen-bond acceptors (Lipinski definition) is 3. The summed E-state index contributed by atoms with van der Waals surface area (Å²) >= 11 is -0.108. The van der Waals surface area contributed by atoms with E-state index in [1.54, 1.807) is 12.1 Å². The SMILES string of the molecule is O=C(O)CS[Se]c1ccccc1C(=O)Nc1ccccc1. The van der Waals surface area contributed by atoms with Crippen LogP contribution in [0.25, 0.3) is 0 Å². The second-order valence-electron chi connectivity index (χ2n) is 4.06. The van der Waals surface area contributed by atoms with Gasteiger partial charge in [-0.1, -0.05) is 0 Å². The molecular weight excluding hydrogens is 353 g/mol. The van der Waals surface area contributed by atoms with Crippen LogP contribution in [0.3, 0.4) is 0 Å². The van der Waals surface area contributed by atoms with Crippen LogP contribution in [0, 0.1) is 0 Å². The molecule has 0 unspecified atom stereocenters. The van der Waals surface area contributed by atoms with Crippen molar-refractivity contribution in [2.45, 2.75) is 0 Å². The van der Waals surface area contributed by atoms with Crippen molar-refractivity contribution in [1.82, 2.24) is 0 Å². The Labute approximate surface area is 132 Å². The summed E-state index contributed by atoms with van der Waals surface area (Å²) in [7, 11) is 1.34. The first-order chi connectivity index (χ1) is 10.2. The van der Waals surface area contributed by atoms with Crippen molar-refractivity contribution in [1.29, 1.82) is 0 Å². The minimum absolute atomic E-state index is 0.0502. The summed E-state index contributed by atoms with van der Waals surface area (Å²) in [6.07, 6.45) is 0. The molecule has 0 atom stereocenters. The molecular formula is C15H13NO3SSe. The van der Waals surface area contributed by atoms with E-state index in [4.69, 9.17) is 5.11 Å². The summed E-state index contributed by atoms with van der Waals surface area (Å²) in [6, 6.07) is 16.5. The van der Waals surface area contributed by atoms with E-state index in [0.29, 0.717) is 5.56 Å². The molecule has 0 bridgehead atoms. The standard InChI is InChI=1S/C15H13NO3SSe/c17-14(18)10-20-21-13-9-5-4-8-12(13)15(19)16-11-6-2-1-3-7-11/h1-9H,10H2,(H,16,19)(H,17,18). The number of carbonyl (C=O) groups is 2. The molecule has 2 aromatic rings. The predicted molar refractivity (Wildman–Crippen MR) is 86.3 cm³/mol. The third-order valence-electron chi connectivity index (χ3n) is 2.49. The van der Waals surface area contributed by atoms with E-state index >= 15 is 0 Å². The zero-order chi connectivity index (χ0) is 15.1. The average Bonchev–Trinajstić information content (AvgIpc) is 2.48. The number of para-hydroxylation sites is 1.